The van der Waals surface area contributed by atoms with Gasteiger partial charge in [0.2, 0.25) is 11.8 Å². The number of fused-ring (bicyclic) bond motifs is 1. The van der Waals surface area contributed by atoms with E-state index in [1.807, 2.05) is 0 Å². The van der Waals surface area contributed by atoms with Gasteiger partial charge in [-0.3, -0.25) is 29.1 Å². The highest BCUT2D eigenvalue weighted by Gasteiger charge is 2.37. The molecule has 0 saturated carbocycles. The van der Waals surface area contributed by atoms with Crippen molar-refractivity contribution in [1.29, 1.82) is 0 Å². The molecule has 2 aromatic carbocycles. The van der Waals surface area contributed by atoms with Gasteiger partial charge in [0.15, 0.2) is 0 Å². The van der Waals surface area contributed by atoms with E-state index in [0.717, 1.165) is 0 Å². The molecule has 0 aliphatic carbocycles. The fraction of sp³-hybridized carbons (Fsp3) is 0.217. The lowest BCUT2D eigenvalue weighted by atomic mass is 10.0. The van der Waals surface area contributed by atoms with Crippen molar-refractivity contribution in [2.24, 2.45) is 0 Å². The molecule has 3 amide bonds. The summed E-state index contributed by atoms with van der Waals surface area (Å²) in [6.45, 7) is 1.55. The SMILES string of the molecule is Cc1nc2cccc(NC(=O)c3ccccc3-n3nnc(C(F)(F)F)n3)c2c(=O)n1C1CCC(=O)NC1=O. The van der Waals surface area contributed by atoms with E-state index < -0.39 is 41.3 Å². The minimum atomic E-state index is -4.83. The van der Waals surface area contributed by atoms with Gasteiger partial charge >= 0.3 is 6.18 Å². The molecule has 2 N–H and O–H groups in total. The number of hydrogen-bond donors (Lipinski definition) is 2. The van der Waals surface area contributed by atoms with Gasteiger partial charge < -0.3 is 5.32 Å². The van der Waals surface area contributed by atoms with Crippen molar-refractivity contribution >= 4 is 34.3 Å². The Morgan fingerprint density at radius 1 is 1.11 bits per heavy atom. The van der Waals surface area contributed by atoms with Crippen LogP contribution in [0, 0.1) is 6.92 Å². The van der Waals surface area contributed by atoms with Gasteiger partial charge in [-0.2, -0.15) is 13.2 Å². The minimum Gasteiger partial charge on any atom is -0.321 e. The first-order valence-corrected chi connectivity index (χ1v) is 11.2. The van der Waals surface area contributed by atoms with Crippen LogP contribution >= 0.6 is 0 Å². The number of amides is 3. The minimum absolute atomic E-state index is 0.00636. The number of imide groups is 1. The zero-order chi connectivity index (χ0) is 27.2. The van der Waals surface area contributed by atoms with E-state index in [-0.39, 0.29) is 46.5 Å². The summed E-state index contributed by atoms with van der Waals surface area (Å²) in [5.74, 6) is -3.09. The average Bonchev–Trinajstić information content (AvgIpc) is 3.36. The third-order valence-corrected chi connectivity index (χ3v) is 5.91. The molecule has 38 heavy (non-hydrogen) atoms. The number of carbonyl (C=O) groups excluding carboxylic acids is 3. The maximum Gasteiger partial charge on any atom is 0.455 e. The van der Waals surface area contributed by atoms with Crippen LogP contribution in [-0.4, -0.2) is 47.5 Å². The molecule has 2 aromatic heterocycles. The Bertz CT molecular complexity index is 1680. The summed E-state index contributed by atoms with van der Waals surface area (Å²) in [6.07, 6.45) is -4.68. The number of aryl methyl sites for hydroxylation is 1. The topological polar surface area (TPSA) is 154 Å². The van der Waals surface area contributed by atoms with Crippen molar-refractivity contribution in [1.82, 2.24) is 35.1 Å². The number of carbonyl (C=O) groups is 3. The highest BCUT2D eigenvalue weighted by Crippen LogP contribution is 2.27. The van der Waals surface area contributed by atoms with Crippen molar-refractivity contribution < 1.29 is 27.6 Å². The van der Waals surface area contributed by atoms with Crippen LogP contribution < -0.4 is 16.2 Å². The molecule has 4 aromatic rings. The first-order valence-electron chi connectivity index (χ1n) is 11.2. The number of aromatic nitrogens is 6. The number of hydrogen-bond acceptors (Lipinski definition) is 8. The van der Waals surface area contributed by atoms with Crippen molar-refractivity contribution in [3.63, 3.8) is 0 Å². The van der Waals surface area contributed by atoms with Gasteiger partial charge in [0.25, 0.3) is 17.3 Å². The summed E-state index contributed by atoms with van der Waals surface area (Å²) in [5, 5.41) is 14.5. The van der Waals surface area contributed by atoms with Gasteiger partial charge in [-0.05, 0) is 42.8 Å². The quantitative estimate of drug-likeness (QED) is 0.383. The van der Waals surface area contributed by atoms with Crippen molar-refractivity contribution in [2.45, 2.75) is 32.0 Å². The Morgan fingerprint density at radius 3 is 2.58 bits per heavy atom. The van der Waals surface area contributed by atoms with Gasteiger partial charge in [0.1, 0.15) is 17.6 Å². The molecule has 3 heterocycles. The third-order valence-electron chi connectivity index (χ3n) is 5.91. The first-order chi connectivity index (χ1) is 18.0. The third kappa shape index (κ3) is 4.38. The Kier molecular flexibility index (Phi) is 5.97. The van der Waals surface area contributed by atoms with Crippen molar-refractivity contribution in [3.05, 3.63) is 70.0 Å². The van der Waals surface area contributed by atoms with Crippen LogP contribution in [0.2, 0.25) is 0 Å². The number of piperidine rings is 1. The van der Waals surface area contributed by atoms with Gasteiger partial charge in [-0.25, -0.2) is 4.98 Å². The number of nitrogens with zero attached hydrogens (tertiary/aromatic N) is 6. The fourth-order valence-corrected chi connectivity index (χ4v) is 4.21. The van der Waals surface area contributed by atoms with Crippen LogP contribution in [0.3, 0.4) is 0 Å². The maximum atomic E-state index is 13.6. The van der Waals surface area contributed by atoms with E-state index in [1.54, 1.807) is 19.1 Å². The van der Waals surface area contributed by atoms with Crippen LogP contribution in [-0.2, 0) is 15.8 Å². The van der Waals surface area contributed by atoms with Crippen molar-refractivity contribution in [2.75, 3.05) is 5.32 Å². The summed E-state index contributed by atoms with van der Waals surface area (Å²) in [4.78, 5) is 55.8. The molecule has 194 valence electrons. The normalized spacial score (nSPS) is 15.9. The van der Waals surface area contributed by atoms with Crippen LogP contribution in [0.25, 0.3) is 16.6 Å². The van der Waals surface area contributed by atoms with E-state index in [1.165, 1.54) is 34.9 Å². The summed E-state index contributed by atoms with van der Waals surface area (Å²) < 4.78 is 40.0. The number of tetrazole rings is 1. The number of para-hydroxylation sites is 1. The molecule has 1 aliphatic rings. The van der Waals surface area contributed by atoms with Crippen LogP contribution in [0.1, 0.15) is 40.9 Å². The highest BCUT2D eigenvalue weighted by atomic mass is 19.4. The fourth-order valence-electron chi connectivity index (χ4n) is 4.21. The van der Waals surface area contributed by atoms with Crippen molar-refractivity contribution in [3.8, 4) is 5.69 Å². The van der Waals surface area contributed by atoms with Crippen LogP contribution in [0.4, 0.5) is 18.9 Å². The predicted molar refractivity (Wildman–Crippen MR) is 124 cm³/mol. The molecular weight excluding hydrogens is 509 g/mol. The molecule has 15 heteroatoms. The van der Waals surface area contributed by atoms with Crippen LogP contribution in [0.5, 0.6) is 0 Å². The summed E-state index contributed by atoms with van der Waals surface area (Å²) >= 11 is 0. The number of anilines is 1. The Labute approximate surface area is 210 Å². The zero-order valence-corrected chi connectivity index (χ0v) is 19.5. The van der Waals surface area contributed by atoms with E-state index in [9.17, 15) is 32.3 Å². The lowest BCUT2D eigenvalue weighted by Crippen LogP contribution is -2.45. The number of alkyl halides is 3. The second kappa shape index (κ2) is 9.17. The zero-order valence-electron chi connectivity index (χ0n) is 19.5. The number of halogens is 3. The molecule has 0 bridgehead atoms. The molecule has 0 radical (unpaired) electrons. The van der Waals surface area contributed by atoms with Gasteiger partial charge in [-0.1, -0.05) is 18.2 Å². The summed E-state index contributed by atoms with van der Waals surface area (Å²) in [7, 11) is 0. The van der Waals surface area contributed by atoms with E-state index >= 15 is 0 Å². The molecule has 1 saturated heterocycles. The standard InChI is InChI=1S/C23H17F3N8O4/c1-11-27-13-6-4-7-14(18(13)21(38)33(11)16-9-10-17(35)29-20(16)37)28-19(36)12-5-2-3-8-15(12)34-31-22(30-32-34)23(24,25)26/h2-8,16H,9-10H2,1H3,(H,28,36)(H,29,35,37). The molecular formula is C23H17F3N8O4. The molecule has 5 rings (SSSR count). The Hall–Kier alpha value is -4.95. The van der Waals surface area contributed by atoms with Gasteiger partial charge in [0, 0.05) is 6.42 Å². The number of rotatable bonds is 4. The largest absolute Gasteiger partial charge is 0.455 e. The van der Waals surface area contributed by atoms with Crippen LogP contribution in [0.15, 0.2) is 47.3 Å². The van der Waals surface area contributed by atoms with Gasteiger partial charge in [-0.15, -0.1) is 15.0 Å². The molecule has 1 atom stereocenters. The van der Waals surface area contributed by atoms with Gasteiger partial charge in [0.05, 0.1) is 22.2 Å². The molecule has 1 aliphatic heterocycles. The molecule has 0 spiro atoms. The predicted octanol–water partition coefficient (Wildman–Crippen LogP) is 1.93. The molecule has 1 fully saturated rings. The monoisotopic (exact) mass is 526 g/mol. The Morgan fingerprint density at radius 2 is 1.87 bits per heavy atom. The number of nitrogens with one attached hydrogen (secondary N) is 2. The number of benzene rings is 2. The summed E-state index contributed by atoms with van der Waals surface area (Å²) in [6, 6.07) is 9.24. The lowest BCUT2D eigenvalue weighted by Gasteiger charge is -2.24. The second-order valence-corrected chi connectivity index (χ2v) is 8.37. The smallest absolute Gasteiger partial charge is 0.321 e. The lowest BCUT2D eigenvalue weighted by molar-refractivity contribution is -0.145. The maximum absolute atomic E-state index is 13.6. The highest BCUT2D eigenvalue weighted by molar-refractivity contribution is 6.10. The Balaban J connectivity index is 1.55. The molecule has 12 nitrogen and oxygen atoms in total. The molecule has 1 unspecified atom stereocenters. The first kappa shape index (κ1) is 24.7. The van der Waals surface area contributed by atoms with E-state index in [4.69, 9.17) is 0 Å². The van der Waals surface area contributed by atoms with E-state index in [0.29, 0.717) is 4.80 Å². The van der Waals surface area contributed by atoms with E-state index in [2.05, 4.69) is 31.0 Å². The second-order valence-electron chi connectivity index (χ2n) is 8.37. The average molecular weight is 526 g/mol. The summed E-state index contributed by atoms with van der Waals surface area (Å²) in [5.41, 5.74) is -0.485.